The van der Waals surface area contributed by atoms with Gasteiger partial charge >= 0.3 is 0 Å². The molecule has 0 saturated heterocycles. The molecule has 2 aromatic rings. The van der Waals surface area contributed by atoms with Gasteiger partial charge in [-0.15, -0.1) is 0 Å². The number of carbonyl (C=O) groups is 2. The van der Waals surface area contributed by atoms with Crippen molar-refractivity contribution in [3.63, 3.8) is 0 Å². The highest BCUT2D eigenvalue weighted by atomic mass is 16.5. The zero-order valence-corrected chi connectivity index (χ0v) is 15.3. The average Bonchev–Trinajstić information content (AvgIpc) is 2.63. The molecule has 1 aliphatic carbocycles. The summed E-state index contributed by atoms with van der Waals surface area (Å²) in [5.74, 6) is 0.195. The Hall–Kier alpha value is -2.93. The summed E-state index contributed by atoms with van der Waals surface area (Å²) in [6.07, 6.45) is 2.61. The number of hydrogen-bond donors (Lipinski definition) is 3. The fourth-order valence-electron chi connectivity index (χ4n) is 3.24. The highest BCUT2D eigenvalue weighted by Crippen LogP contribution is 2.38. The van der Waals surface area contributed by atoms with Crippen LogP contribution in [0.3, 0.4) is 0 Å². The maximum absolute atomic E-state index is 12.8. The van der Waals surface area contributed by atoms with E-state index in [4.69, 9.17) is 4.74 Å². The number of carbonyl (C=O) groups excluding carboxylic acids is 2. The van der Waals surface area contributed by atoms with Crippen LogP contribution in [0.5, 0.6) is 5.88 Å². The quantitative estimate of drug-likeness (QED) is 0.725. The second-order valence-corrected chi connectivity index (χ2v) is 6.73. The normalized spacial score (nSPS) is 19.5. The molecular formula is C20H23N3O4. The van der Waals surface area contributed by atoms with E-state index in [0.29, 0.717) is 30.0 Å². The Bertz CT molecular complexity index is 816. The molecule has 3 rings (SSSR count). The molecule has 7 nitrogen and oxygen atoms in total. The summed E-state index contributed by atoms with van der Waals surface area (Å²) in [5.41, 5.74) is 1.88. The van der Waals surface area contributed by atoms with Crippen LogP contribution in [-0.2, 0) is 4.79 Å². The molecule has 1 aliphatic rings. The van der Waals surface area contributed by atoms with E-state index in [0.717, 1.165) is 5.56 Å². The molecule has 3 N–H and O–H groups in total. The van der Waals surface area contributed by atoms with E-state index >= 15 is 0 Å². The summed E-state index contributed by atoms with van der Waals surface area (Å²) < 4.78 is 5.09. The lowest BCUT2D eigenvalue weighted by atomic mass is 9.75. The van der Waals surface area contributed by atoms with Gasteiger partial charge in [-0.1, -0.05) is 12.1 Å². The van der Waals surface area contributed by atoms with Crippen LogP contribution in [-0.4, -0.2) is 35.1 Å². The molecule has 1 saturated carbocycles. The molecule has 1 aromatic carbocycles. The first-order chi connectivity index (χ1) is 13.0. The zero-order valence-electron chi connectivity index (χ0n) is 15.3. The van der Waals surface area contributed by atoms with E-state index in [1.807, 2.05) is 6.07 Å². The lowest BCUT2D eigenvalue weighted by Gasteiger charge is -2.38. The minimum Gasteiger partial charge on any atom is -0.481 e. The molecule has 27 heavy (non-hydrogen) atoms. The molecule has 1 fully saturated rings. The van der Waals surface area contributed by atoms with Crippen molar-refractivity contribution in [2.24, 2.45) is 5.92 Å². The monoisotopic (exact) mass is 369 g/mol. The van der Waals surface area contributed by atoms with Crippen LogP contribution in [0.4, 0.5) is 5.69 Å². The standard InChI is InChI=1S/C20H23N3O4/c1-12(24)22-16-5-3-4-13(8-16)20(26)23-19(15-9-17(25)10-15)14-6-7-18(27-2)21-11-14/h3-8,11,15,17,19,25H,9-10H2,1-2H3,(H,22,24)(H,23,26). The Balaban J connectivity index is 1.79. The van der Waals surface area contributed by atoms with Crippen molar-refractivity contribution in [3.8, 4) is 5.88 Å². The number of ether oxygens (including phenoxy) is 1. The van der Waals surface area contributed by atoms with E-state index in [1.54, 1.807) is 43.6 Å². The minimum absolute atomic E-state index is 0.137. The number of nitrogens with zero attached hydrogens (tertiary/aromatic N) is 1. The van der Waals surface area contributed by atoms with E-state index in [1.165, 1.54) is 6.92 Å². The number of hydrogen-bond acceptors (Lipinski definition) is 5. The molecule has 1 aromatic heterocycles. The molecular weight excluding hydrogens is 346 g/mol. The van der Waals surface area contributed by atoms with Gasteiger partial charge in [-0.05, 0) is 42.5 Å². The average molecular weight is 369 g/mol. The fraction of sp³-hybridized carbons (Fsp3) is 0.350. The second-order valence-electron chi connectivity index (χ2n) is 6.73. The van der Waals surface area contributed by atoms with Gasteiger partial charge in [0.2, 0.25) is 11.8 Å². The number of rotatable bonds is 6. The van der Waals surface area contributed by atoms with Gasteiger partial charge < -0.3 is 20.5 Å². The molecule has 0 aliphatic heterocycles. The van der Waals surface area contributed by atoms with E-state index < -0.39 is 0 Å². The van der Waals surface area contributed by atoms with E-state index in [2.05, 4.69) is 15.6 Å². The van der Waals surface area contributed by atoms with Gasteiger partial charge in [-0.25, -0.2) is 4.98 Å². The van der Waals surface area contributed by atoms with Crippen molar-refractivity contribution in [1.29, 1.82) is 0 Å². The summed E-state index contributed by atoms with van der Waals surface area (Å²) in [6, 6.07) is 10.1. The van der Waals surface area contributed by atoms with Gasteiger partial charge in [-0.2, -0.15) is 0 Å². The van der Waals surface area contributed by atoms with Crippen molar-refractivity contribution in [1.82, 2.24) is 10.3 Å². The lowest BCUT2D eigenvalue weighted by Crippen LogP contribution is -2.41. The number of aliphatic hydroxyl groups excluding tert-OH is 1. The number of methoxy groups -OCH3 is 1. The third kappa shape index (κ3) is 4.62. The summed E-state index contributed by atoms with van der Waals surface area (Å²) in [5, 5.41) is 15.4. The van der Waals surface area contributed by atoms with Crippen molar-refractivity contribution in [3.05, 3.63) is 53.7 Å². The van der Waals surface area contributed by atoms with E-state index in [-0.39, 0.29) is 29.9 Å². The summed E-state index contributed by atoms with van der Waals surface area (Å²) in [6.45, 7) is 1.42. The van der Waals surface area contributed by atoms with Crippen LogP contribution >= 0.6 is 0 Å². The summed E-state index contributed by atoms with van der Waals surface area (Å²) >= 11 is 0. The van der Waals surface area contributed by atoms with Crippen LogP contribution in [0.1, 0.15) is 41.7 Å². The number of aliphatic hydroxyl groups is 1. The van der Waals surface area contributed by atoms with Crippen LogP contribution in [0.15, 0.2) is 42.6 Å². The molecule has 2 amide bonds. The van der Waals surface area contributed by atoms with Gasteiger partial charge in [0.05, 0.1) is 19.3 Å². The van der Waals surface area contributed by atoms with Crippen LogP contribution in [0.2, 0.25) is 0 Å². The molecule has 1 heterocycles. The zero-order chi connectivity index (χ0) is 19.4. The summed E-state index contributed by atoms with van der Waals surface area (Å²) in [4.78, 5) is 28.2. The SMILES string of the molecule is COc1ccc(C(NC(=O)c2cccc(NC(C)=O)c2)C2CC(O)C2)cn1. The molecule has 0 spiro atoms. The number of anilines is 1. The minimum atomic E-state index is -0.330. The van der Waals surface area contributed by atoms with Crippen molar-refractivity contribution in [2.75, 3.05) is 12.4 Å². The Morgan fingerprint density at radius 3 is 2.63 bits per heavy atom. The molecule has 1 unspecified atom stereocenters. The summed E-state index contributed by atoms with van der Waals surface area (Å²) in [7, 11) is 1.55. The Kier molecular flexibility index (Phi) is 5.71. The van der Waals surface area contributed by atoms with Gasteiger partial charge in [0.15, 0.2) is 0 Å². The number of nitrogens with one attached hydrogen (secondary N) is 2. The van der Waals surface area contributed by atoms with Gasteiger partial charge in [0, 0.05) is 30.4 Å². The lowest BCUT2D eigenvalue weighted by molar-refractivity contribution is -0.114. The van der Waals surface area contributed by atoms with Crippen molar-refractivity contribution in [2.45, 2.75) is 31.9 Å². The van der Waals surface area contributed by atoms with Crippen molar-refractivity contribution >= 4 is 17.5 Å². The number of benzene rings is 1. The first-order valence-corrected chi connectivity index (χ1v) is 8.83. The maximum Gasteiger partial charge on any atom is 0.251 e. The topological polar surface area (TPSA) is 101 Å². The smallest absolute Gasteiger partial charge is 0.251 e. The maximum atomic E-state index is 12.8. The predicted octanol–water partition coefficient (Wildman–Crippen LogP) is 2.29. The van der Waals surface area contributed by atoms with Gasteiger partial charge in [-0.3, -0.25) is 9.59 Å². The Labute approximate surface area is 157 Å². The van der Waals surface area contributed by atoms with Gasteiger partial charge in [0.25, 0.3) is 5.91 Å². The first-order valence-electron chi connectivity index (χ1n) is 8.83. The third-order valence-electron chi connectivity index (χ3n) is 4.68. The van der Waals surface area contributed by atoms with Crippen molar-refractivity contribution < 1.29 is 19.4 Å². The molecule has 1 atom stereocenters. The van der Waals surface area contributed by atoms with Crippen LogP contribution < -0.4 is 15.4 Å². The molecule has 0 bridgehead atoms. The Morgan fingerprint density at radius 2 is 2.04 bits per heavy atom. The largest absolute Gasteiger partial charge is 0.481 e. The predicted molar refractivity (Wildman–Crippen MR) is 100 cm³/mol. The number of pyridine rings is 1. The first kappa shape index (κ1) is 18.8. The number of aromatic nitrogens is 1. The molecule has 7 heteroatoms. The highest BCUT2D eigenvalue weighted by Gasteiger charge is 2.36. The highest BCUT2D eigenvalue weighted by molar-refractivity contribution is 5.97. The molecule has 142 valence electrons. The molecule has 0 radical (unpaired) electrons. The van der Waals surface area contributed by atoms with Crippen LogP contribution in [0, 0.1) is 5.92 Å². The van der Waals surface area contributed by atoms with Crippen LogP contribution in [0.25, 0.3) is 0 Å². The van der Waals surface area contributed by atoms with Gasteiger partial charge in [0.1, 0.15) is 0 Å². The second kappa shape index (κ2) is 8.18. The van der Waals surface area contributed by atoms with E-state index in [9.17, 15) is 14.7 Å². The third-order valence-corrected chi connectivity index (χ3v) is 4.68. The Morgan fingerprint density at radius 1 is 1.26 bits per heavy atom. The fourth-order valence-corrected chi connectivity index (χ4v) is 3.24. The number of amides is 2.